The molecule has 0 aromatic carbocycles. The van der Waals surface area contributed by atoms with Crippen LogP contribution in [-0.4, -0.2) is 32.9 Å². The van der Waals surface area contributed by atoms with E-state index in [1.54, 1.807) is 13.8 Å². The molecule has 1 atom stereocenters. The highest BCUT2D eigenvalue weighted by Gasteiger charge is 2.32. The Hall–Kier alpha value is -1.57. The Kier molecular flexibility index (Phi) is 4.33. The van der Waals surface area contributed by atoms with Gasteiger partial charge in [0.15, 0.2) is 0 Å². The minimum Gasteiger partial charge on any atom is -0.480 e. The van der Waals surface area contributed by atoms with E-state index in [0.717, 1.165) is 10.9 Å². The number of aliphatic carboxylic acids is 1. The summed E-state index contributed by atoms with van der Waals surface area (Å²) in [5.41, 5.74) is -0.892. The number of halogens is 3. The van der Waals surface area contributed by atoms with E-state index in [0.29, 0.717) is 6.20 Å². The topological polar surface area (TPSA) is 67.2 Å². The standard InChI is InChI=1S/C10H14F3N3O2/c1-6(2)15-8(9(17)18)5-16-4-7(3-14-16)10(11,12)13/h3-4,6,8,15H,5H2,1-2H3,(H,17,18). The molecule has 0 spiro atoms. The van der Waals surface area contributed by atoms with Crippen molar-refractivity contribution >= 4 is 5.97 Å². The molecule has 1 heterocycles. The lowest BCUT2D eigenvalue weighted by Gasteiger charge is -2.17. The van der Waals surface area contributed by atoms with Gasteiger partial charge in [-0.05, 0) is 0 Å². The van der Waals surface area contributed by atoms with Crippen LogP contribution in [0.1, 0.15) is 19.4 Å². The average Bonchev–Trinajstić information content (AvgIpc) is 2.63. The van der Waals surface area contributed by atoms with Crippen molar-refractivity contribution in [2.45, 2.75) is 38.7 Å². The van der Waals surface area contributed by atoms with Gasteiger partial charge in [0.25, 0.3) is 0 Å². The molecule has 18 heavy (non-hydrogen) atoms. The van der Waals surface area contributed by atoms with Crippen LogP contribution in [0.25, 0.3) is 0 Å². The van der Waals surface area contributed by atoms with Crippen molar-refractivity contribution < 1.29 is 23.1 Å². The number of nitrogens with one attached hydrogen (secondary N) is 1. The predicted molar refractivity (Wildman–Crippen MR) is 56.9 cm³/mol. The number of carbonyl (C=O) groups is 1. The number of carboxylic acid groups (broad SMARTS) is 1. The smallest absolute Gasteiger partial charge is 0.419 e. The monoisotopic (exact) mass is 265 g/mol. The fraction of sp³-hybridized carbons (Fsp3) is 0.600. The van der Waals surface area contributed by atoms with E-state index in [4.69, 9.17) is 5.11 Å². The van der Waals surface area contributed by atoms with Gasteiger partial charge in [-0.15, -0.1) is 0 Å². The zero-order valence-electron chi connectivity index (χ0n) is 9.90. The largest absolute Gasteiger partial charge is 0.480 e. The van der Waals surface area contributed by atoms with E-state index in [9.17, 15) is 18.0 Å². The Bertz CT molecular complexity index is 415. The van der Waals surface area contributed by atoms with Crippen molar-refractivity contribution in [2.24, 2.45) is 0 Å². The third-order valence-corrected chi connectivity index (χ3v) is 2.16. The molecule has 0 aliphatic carbocycles. The molecule has 0 fully saturated rings. The van der Waals surface area contributed by atoms with E-state index in [2.05, 4.69) is 10.4 Å². The van der Waals surface area contributed by atoms with Crippen LogP contribution in [0.5, 0.6) is 0 Å². The number of nitrogens with zero attached hydrogens (tertiary/aromatic N) is 2. The van der Waals surface area contributed by atoms with Crippen LogP contribution >= 0.6 is 0 Å². The minimum atomic E-state index is -4.47. The Morgan fingerprint density at radius 2 is 2.17 bits per heavy atom. The van der Waals surface area contributed by atoms with Crippen LogP contribution < -0.4 is 5.32 Å². The lowest BCUT2D eigenvalue weighted by Crippen LogP contribution is -2.43. The van der Waals surface area contributed by atoms with Gasteiger partial charge in [-0.25, -0.2) is 0 Å². The molecule has 2 N–H and O–H groups in total. The Labute approximate surface area is 102 Å². The highest BCUT2D eigenvalue weighted by atomic mass is 19.4. The summed E-state index contributed by atoms with van der Waals surface area (Å²) in [4.78, 5) is 10.9. The highest BCUT2D eigenvalue weighted by Crippen LogP contribution is 2.28. The summed E-state index contributed by atoms with van der Waals surface area (Å²) in [6.07, 6.45) is -3.01. The van der Waals surface area contributed by atoms with Gasteiger partial charge < -0.3 is 10.4 Å². The van der Waals surface area contributed by atoms with Crippen molar-refractivity contribution in [1.29, 1.82) is 0 Å². The molecule has 8 heteroatoms. The van der Waals surface area contributed by atoms with Crippen LogP contribution in [0.15, 0.2) is 12.4 Å². The zero-order valence-corrected chi connectivity index (χ0v) is 9.90. The normalized spacial score (nSPS) is 13.9. The summed E-state index contributed by atoms with van der Waals surface area (Å²) >= 11 is 0. The first kappa shape index (κ1) is 14.5. The molecule has 0 saturated carbocycles. The first-order valence-corrected chi connectivity index (χ1v) is 5.28. The maximum absolute atomic E-state index is 12.3. The van der Waals surface area contributed by atoms with Crippen molar-refractivity contribution in [3.63, 3.8) is 0 Å². The summed E-state index contributed by atoms with van der Waals surface area (Å²) in [6, 6.07) is -1.07. The fourth-order valence-electron chi connectivity index (χ4n) is 1.40. The molecule has 1 aromatic heterocycles. The third kappa shape index (κ3) is 4.02. The van der Waals surface area contributed by atoms with E-state index in [-0.39, 0.29) is 12.6 Å². The maximum atomic E-state index is 12.3. The Balaban J connectivity index is 2.76. The van der Waals surface area contributed by atoms with E-state index >= 15 is 0 Å². The predicted octanol–water partition coefficient (Wildman–Crippen LogP) is 1.35. The van der Waals surface area contributed by atoms with Crippen LogP contribution in [0.2, 0.25) is 0 Å². The number of carboxylic acids is 1. The number of aromatic nitrogens is 2. The van der Waals surface area contributed by atoms with Crippen LogP contribution in [0, 0.1) is 0 Å². The van der Waals surface area contributed by atoms with Gasteiger partial charge in [-0.2, -0.15) is 18.3 Å². The first-order valence-electron chi connectivity index (χ1n) is 5.28. The second-order valence-corrected chi connectivity index (χ2v) is 4.16. The highest BCUT2D eigenvalue weighted by molar-refractivity contribution is 5.73. The van der Waals surface area contributed by atoms with Crippen LogP contribution in [-0.2, 0) is 17.5 Å². The molecule has 0 radical (unpaired) electrons. The second-order valence-electron chi connectivity index (χ2n) is 4.16. The number of alkyl halides is 3. The summed E-state index contributed by atoms with van der Waals surface area (Å²) in [7, 11) is 0. The van der Waals surface area contributed by atoms with Crippen molar-refractivity contribution in [3.05, 3.63) is 18.0 Å². The average molecular weight is 265 g/mol. The van der Waals surface area contributed by atoms with Crippen molar-refractivity contribution in [3.8, 4) is 0 Å². The summed E-state index contributed by atoms with van der Waals surface area (Å²) in [5, 5.41) is 15.2. The Morgan fingerprint density at radius 3 is 2.56 bits per heavy atom. The molecular weight excluding hydrogens is 251 g/mol. The molecule has 0 saturated heterocycles. The molecule has 1 aromatic rings. The molecule has 0 aliphatic heterocycles. The first-order chi connectivity index (χ1) is 8.20. The number of hydrogen-bond acceptors (Lipinski definition) is 3. The molecule has 102 valence electrons. The molecule has 0 amide bonds. The number of rotatable bonds is 5. The van der Waals surface area contributed by atoms with Gasteiger partial charge in [0.05, 0.1) is 18.3 Å². The van der Waals surface area contributed by atoms with Crippen LogP contribution in [0.3, 0.4) is 0 Å². The van der Waals surface area contributed by atoms with Gasteiger partial charge in [0.1, 0.15) is 6.04 Å². The fourth-order valence-corrected chi connectivity index (χ4v) is 1.40. The summed E-state index contributed by atoms with van der Waals surface area (Å²) in [5.74, 6) is -1.13. The van der Waals surface area contributed by atoms with Gasteiger partial charge in [-0.3, -0.25) is 9.48 Å². The van der Waals surface area contributed by atoms with Gasteiger partial charge in [-0.1, -0.05) is 13.8 Å². The quantitative estimate of drug-likeness (QED) is 0.843. The van der Waals surface area contributed by atoms with Crippen molar-refractivity contribution in [1.82, 2.24) is 15.1 Å². The van der Waals surface area contributed by atoms with E-state index in [1.165, 1.54) is 0 Å². The third-order valence-electron chi connectivity index (χ3n) is 2.16. The molecule has 0 bridgehead atoms. The molecule has 5 nitrogen and oxygen atoms in total. The van der Waals surface area contributed by atoms with Gasteiger partial charge in [0.2, 0.25) is 0 Å². The van der Waals surface area contributed by atoms with Gasteiger partial charge in [0, 0.05) is 12.2 Å². The van der Waals surface area contributed by atoms with Gasteiger partial charge >= 0.3 is 12.1 Å². The van der Waals surface area contributed by atoms with Crippen LogP contribution in [0.4, 0.5) is 13.2 Å². The summed E-state index contributed by atoms with van der Waals surface area (Å²) in [6.45, 7) is 3.34. The lowest BCUT2D eigenvalue weighted by atomic mass is 10.2. The molecule has 1 rings (SSSR count). The Morgan fingerprint density at radius 1 is 1.56 bits per heavy atom. The van der Waals surface area contributed by atoms with E-state index < -0.39 is 23.8 Å². The molecular formula is C10H14F3N3O2. The SMILES string of the molecule is CC(C)NC(Cn1cc(C(F)(F)F)cn1)C(=O)O. The molecule has 0 aliphatic rings. The lowest BCUT2D eigenvalue weighted by molar-refractivity contribution is -0.140. The maximum Gasteiger partial charge on any atom is 0.419 e. The zero-order chi connectivity index (χ0) is 13.9. The molecule has 1 unspecified atom stereocenters. The summed E-state index contributed by atoms with van der Waals surface area (Å²) < 4.78 is 37.9. The number of hydrogen-bond donors (Lipinski definition) is 2. The second kappa shape index (κ2) is 5.38. The minimum absolute atomic E-state index is 0.0938. The van der Waals surface area contributed by atoms with E-state index in [1.807, 2.05) is 0 Å². The van der Waals surface area contributed by atoms with Crippen molar-refractivity contribution in [2.75, 3.05) is 0 Å².